The Hall–Kier alpha value is -2.29. The Labute approximate surface area is 114 Å². The largest absolute Gasteiger partial charge is 0.280 e. The Balaban J connectivity index is 2.49. The van der Waals surface area contributed by atoms with E-state index in [1.165, 1.54) is 0 Å². The number of azide groups is 1. The van der Waals surface area contributed by atoms with E-state index in [1.54, 1.807) is 24.3 Å². The molecule has 0 spiro atoms. The van der Waals surface area contributed by atoms with E-state index in [2.05, 4.69) is 10.0 Å². The molecule has 1 aliphatic rings. The number of hydrogen-bond donors (Lipinski definition) is 0. The molecular formula is C14H8ClN3O. The summed E-state index contributed by atoms with van der Waals surface area (Å²) >= 11 is 5.77. The van der Waals surface area contributed by atoms with E-state index in [-0.39, 0.29) is 0 Å². The zero-order valence-electron chi connectivity index (χ0n) is 9.75. The van der Waals surface area contributed by atoms with Gasteiger partial charge < -0.3 is 0 Å². The summed E-state index contributed by atoms with van der Waals surface area (Å²) in [5.74, 6) is 0. The Morgan fingerprint density at radius 2 is 1.53 bits per heavy atom. The molecule has 2 aromatic carbocycles. The summed E-state index contributed by atoms with van der Waals surface area (Å²) in [4.78, 5) is 14.8. The molecule has 1 aliphatic carbocycles. The normalized spacial score (nSPS) is 14.2. The van der Waals surface area contributed by atoms with Crippen molar-refractivity contribution >= 4 is 16.8 Å². The third-order valence-electron chi connectivity index (χ3n) is 3.40. The molecule has 0 heterocycles. The number of carbonyl (C=O) groups is 1. The second-order valence-electron chi connectivity index (χ2n) is 4.26. The molecular weight excluding hydrogens is 262 g/mol. The van der Waals surface area contributed by atoms with E-state index in [0.29, 0.717) is 11.1 Å². The SMILES string of the molecule is [N-]=[N+]=NC1(C(=O)Cl)c2ccccc2-c2ccccc21. The predicted molar refractivity (Wildman–Crippen MR) is 72.7 cm³/mol. The number of fused-ring (bicyclic) bond motifs is 3. The highest BCUT2D eigenvalue weighted by molar-refractivity contribution is 6.66. The van der Waals surface area contributed by atoms with Gasteiger partial charge in [-0.15, -0.1) is 0 Å². The fourth-order valence-electron chi connectivity index (χ4n) is 2.64. The first-order chi connectivity index (χ1) is 9.21. The molecule has 3 rings (SSSR count). The monoisotopic (exact) mass is 269 g/mol. The van der Waals surface area contributed by atoms with Crippen LogP contribution in [0.3, 0.4) is 0 Å². The van der Waals surface area contributed by atoms with Crippen molar-refractivity contribution in [1.29, 1.82) is 0 Å². The van der Waals surface area contributed by atoms with E-state index < -0.39 is 10.8 Å². The predicted octanol–water partition coefficient (Wildman–Crippen LogP) is 3.99. The third-order valence-corrected chi connectivity index (χ3v) is 3.68. The standard InChI is InChI=1S/C14H8ClN3O/c15-13(19)14(17-18-16)11-7-3-1-5-9(11)10-6-2-4-8-12(10)14/h1-8H. The third kappa shape index (κ3) is 1.41. The van der Waals surface area contributed by atoms with Crippen LogP contribution in [0, 0.1) is 0 Å². The average Bonchev–Trinajstić information content (AvgIpc) is 2.72. The molecule has 0 aromatic heterocycles. The number of rotatable bonds is 2. The zero-order valence-corrected chi connectivity index (χ0v) is 10.5. The van der Waals surface area contributed by atoms with Crippen LogP contribution in [0.25, 0.3) is 21.6 Å². The molecule has 0 amide bonds. The Morgan fingerprint density at radius 1 is 1.05 bits per heavy atom. The minimum absolute atomic E-state index is 0.633. The van der Waals surface area contributed by atoms with Gasteiger partial charge >= 0.3 is 0 Å². The molecule has 0 radical (unpaired) electrons. The molecule has 4 nitrogen and oxygen atoms in total. The van der Waals surface area contributed by atoms with Crippen LogP contribution in [0.15, 0.2) is 53.6 Å². The number of halogens is 1. The van der Waals surface area contributed by atoms with Crippen molar-refractivity contribution in [2.75, 3.05) is 0 Å². The van der Waals surface area contributed by atoms with E-state index in [1.807, 2.05) is 24.3 Å². The quantitative estimate of drug-likeness (QED) is 0.352. The number of carbonyl (C=O) groups excluding carboxylic acids is 1. The summed E-state index contributed by atoms with van der Waals surface area (Å²) in [5.41, 5.74) is 10.4. The van der Waals surface area contributed by atoms with Crippen LogP contribution < -0.4 is 0 Å². The first kappa shape index (κ1) is 11.8. The van der Waals surface area contributed by atoms with Gasteiger partial charge in [0.1, 0.15) is 0 Å². The molecule has 92 valence electrons. The molecule has 0 fully saturated rings. The zero-order chi connectivity index (χ0) is 13.5. The molecule has 0 unspecified atom stereocenters. The van der Waals surface area contributed by atoms with Crippen molar-refractivity contribution in [2.45, 2.75) is 5.54 Å². The fraction of sp³-hybridized carbons (Fsp3) is 0.0714. The second-order valence-corrected chi connectivity index (χ2v) is 4.61. The van der Waals surface area contributed by atoms with Gasteiger partial charge in [0.2, 0.25) is 5.24 Å². The van der Waals surface area contributed by atoms with Gasteiger partial charge in [0.25, 0.3) is 0 Å². The highest BCUT2D eigenvalue weighted by atomic mass is 35.5. The van der Waals surface area contributed by atoms with Crippen molar-refractivity contribution in [3.8, 4) is 11.1 Å². The van der Waals surface area contributed by atoms with Crippen molar-refractivity contribution in [2.24, 2.45) is 5.11 Å². The average molecular weight is 270 g/mol. The molecule has 0 N–H and O–H groups in total. The van der Waals surface area contributed by atoms with Crippen molar-refractivity contribution in [3.05, 3.63) is 70.1 Å². The summed E-state index contributed by atoms with van der Waals surface area (Å²) in [6, 6.07) is 14.7. The smallest absolute Gasteiger partial charge is 0.242 e. The minimum Gasteiger partial charge on any atom is -0.280 e. The maximum Gasteiger partial charge on any atom is 0.242 e. The first-order valence-electron chi connectivity index (χ1n) is 5.67. The molecule has 0 saturated heterocycles. The summed E-state index contributed by atoms with van der Waals surface area (Å²) in [7, 11) is 0. The van der Waals surface area contributed by atoms with Crippen LogP contribution in [0.1, 0.15) is 11.1 Å². The number of benzene rings is 2. The molecule has 19 heavy (non-hydrogen) atoms. The van der Waals surface area contributed by atoms with Crippen LogP contribution in [-0.4, -0.2) is 5.24 Å². The van der Waals surface area contributed by atoms with Gasteiger partial charge in [0.15, 0.2) is 5.54 Å². The van der Waals surface area contributed by atoms with Crippen LogP contribution >= 0.6 is 11.6 Å². The van der Waals surface area contributed by atoms with E-state index >= 15 is 0 Å². The Kier molecular flexibility index (Phi) is 2.56. The van der Waals surface area contributed by atoms with Crippen LogP contribution in [0.4, 0.5) is 0 Å². The van der Waals surface area contributed by atoms with Gasteiger partial charge in [0.05, 0.1) is 0 Å². The van der Waals surface area contributed by atoms with Gasteiger partial charge in [0, 0.05) is 4.91 Å². The fourth-order valence-corrected chi connectivity index (χ4v) is 2.88. The Bertz CT molecular complexity index is 685. The van der Waals surface area contributed by atoms with Gasteiger partial charge in [-0.1, -0.05) is 53.6 Å². The lowest BCUT2D eigenvalue weighted by Crippen LogP contribution is -2.29. The van der Waals surface area contributed by atoms with E-state index in [0.717, 1.165) is 11.1 Å². The molecule has 0 bridgehead atoms. The van der Waals surface area contributed by atoms with Crippen LogP contribution in [0.5, 0.6) is 0 Å². The number of hydrogen-bond acceptors (Lipinski definition) is 2. The van der Waals surface area contributed by atoms with Gasteiger partial charge in [-0.05, 0) is 39.4 Å². The molecule has 2 aromatic rings. The summed E-state index contributed by atoms with van der Waals surface area (Å²) < 4.78 is 0. The van der Waals surface area contributed by atoms with E-state index in [4.69, 9.17) is 17.1 Å². The van der Waals surface area contributed by atoms with Gasteiger partial charge in [-0.3, -0.25) is 4.79 Å². The maximum atomic E-state index is 12.0. The first-order valence-corrected chi connectivity index (χ1v) is 6.05. The Morgan fingerprint density at radius 3 is 1.95 bits per heavy atom. The van der Waals surface area contributed by atoms with Gasteiger partial charge in [-0.25, -0.2) is 0 Å². The van der Waals surface area contributed by atoms with Crippen molar-refractivity contribution in [3.63, 3.8) is 0 Å². The van der Waals surface area contributed by atoms with Crippen LogP contribution in [0.2, 0.25) is 0 Å². The lowest BCUT2D eigenvalue weighted by Gasteiger charge is -2.21. The van der Waals surface area contributed by atoms with E-state index in [9.17, 15) is 4.79 Å². The lowest BCUT2D eigenvalue weighted by atomic mass is 9.90. The molecule has 0 atom stereocenters. The van der Waals surface area contributed by atoms with Crippen LogP contribution in [-0.2, 0) is 10.3 Å². The molecule has 5 heteroatoms. The minimum atomic E-state index is -1.45. The summed E-state index contributed by atoms with van der Waals surface area (Å²) in [6.07, 6.45) is 0. The summed E-state index contributed by atoms with van der Waals surface area (Å²) in [6.45, 7) is 0. The highest BCUT2D eigenvalue weighted by Gasteiger charge is 2.47. The van der Waals surface area contributed by atoms with Crippen molar-refractivity contribution in [1.82, 2.24) is 0 Å². The second kappa shape index (κ2) is 4.12. The molecule has 0 aliphatic heterocycles. The van der Waals surface area contributed by atoms with Gasteiger partial charge in [-0.2, -0.15) is 0 Å². The van der Waals surface area contributed by atoms with Crippen molar-refractivity contribution < 1.29 is 4.79 Å². The highest BCUT2D eigenvalue weighted by Crippen LogP contribution is 2.50. The summed E-state index contributed by atoms with van der Waals surface area (Å²) in [5, 5.41) is 3.04. The topological polar surface area (TPSA) is 65.8 Å². The lowest BCUT2D eigenvalue weighted by molar-refractivity contribution is -0.115. The number of nitrogens with zero attached hydrogens (tertiary/aromatic N) is 3. The molecule has 0 saturated carbocycles. The maximum absolute atomic E-state index is 12.0.